The number of piperazine rings is 1. The number of hydrogen-bond acceptors (Lipinski definition) is 4. The Bertz CT molecular complexity index is 878. The summed E-state index contributed by atoms with van der Waals surface area (Å²) in [6.45, 7) is 6.26. The summed E-state index contributed by atoms with van der Waals surface area (Å²) in [7, 11) is 1.63. The molecule has 2 amide bonds. The fraction of sp³-hybridized carbons (Fsp3) is 0.391. The van der Waals surface area contributed by atoms with Crippen molar-refractivity contribution < 1.29 is 18.7 Å². The topological polar surface area (TPSA) is 61.9 Å². The van der Waals surface area contributed by atoms with E-state index in [0.717, 1.165) is 11.4 Å². The molecule has 1 saturated heterocycles. The Morgan fingerprint density at radius 3 is 2.20 bits per heavy atom. The van der Waals surface area contributed by atoms with E-state index in [1.165, 1.54) is 18.2 Å². The Hall–Kier alpha value is -3.09. The molecule has 1 atom stereocenters. The minimum absolute atomic E-state index is 0.0553. The molecule has 3 rings (SSSR count). The second-order valence-electron chi connectivity index (χ2n) is 7.69. The first-order valence-electron chi connectivity index (χ1n) is 10.1. The van der Waals surface area contributed by atoms with E-state index in [1.807, 2.05) is 38.1 Å². The number of nitrogens with zero attached hydrogens (tertiary/aromatic N) is 2. The second-order valence-corrected chi connectivity index (χ2v) is 7.69. The second kappa shape index (κ2) is 9.61. The van der Waals surface area contributed by atoms with Gasteiger partial charge >= 0.3 is 0 Å². The smallest absolute Gasteiger partial charge is 0.254 e. The van der Waals surface area contributed by atoms with Crippen molar-refractivity contribution in [2.24, 2.45) is 5.92 Å². The van der Waals surface area contributed by atoms with E-state index < -0.39 is 17.8 Å². The summed E-state index contributed by atoms with van der Waals surface area (Å²) in [6.07, 6.45) is 0. The molecule has 1 aliphatic heterocycles. The predicted molar refractivity (Wildman–Crippen MR) is 114 cm³/mol. The highest BCUT2D eigenvalue weighted by Gasteiger charge is 2.31. The molecule has 1 fully saturated rings. The number of nitrogens with one attached hydrogen (secondary N) is 1. The van der Waals surface area contributed by atoms with Crippen LogP contribution in [0.3, 0.4) is 0 Å². The van der Waals surface area contributed by atoms with Gasteiger partial charge in [-0.05, 0) is 42.3 Å². The third-order valence-electron chi connectivity index (χ3n) is 5.37. The fourth-order valence-electron chi connectivity index (χ4n) is 3.55. The van der Waals surface area contributed by atoms with Crippen LogP contribution in [0.5, 0.6) is 5.75 Å². The van der Waals surface area contributed by atoms with Gasteiger partial charge in [-0.1, -0.05) is 26.0 Å². The first kappa shape index (κ1) is 21.6. The van der Waals surface area contributed by atoms with Gasteiger partial charge in [-0.3, -0.25) is 9.59 Å². The van der Waals surface area contributed by atoms with Gasteiger partial charge in [-0.25, -0.2) is 4.39 Å². The molecule has 1 heterocycles. The van der Waals surface area contributed by atoms with Gasteiger partial charge in [0, 0.05) is 31.9 Å². The van der Waals surface area contributed by atoms with Gasteiger partial charge in [0.05, 0.1) is 12.7 Å². The minimum atomic E-state index is -0.704. The highest BCUT2D eigenvalue weighted by molar-refractivity contribution is 5.97. The fourth-order valence-corrected chi connectivity index (χ4v) is 3.55. The Kier molecular flexibility index (Phi) is 6.92. The molecule has 7 heteroatoms. The van der Waals surface area contributed by atoms with Crippen LogP contribution in [0.1, 0.15) is 24.2 Å². The normalized spacial score (nSPS) is 15.1. The van der Waals surface area contributed by atoms with Crippen molar-refractivity contribution in [3.63, 3.8) is 0 Å². The summed E-state index contributed by atoms with van der Waals surface area (Å²) in [5.74, 6) is -0.620. The van der Waals surface area contributed by atoms with Crippen LogP contribution in [0.2, 0.25) is 0 Å². The van der Waals surface area contributed by atoms with Crippen LogP contribution in [0, 0.1) is 11.7 Å². The number of ether oxygens (including phenoxy) is 1. The van der Waals surface area contributed by atoms with Crippen LogP contribution in [0.15, 0.2) is 48.5 Å². The van der Waals surface area contributed by atoms with Crippen LogP contribution >= 0.6 is 0 Å². The van der Waals surface area contributed by atoms with Crippen molar-refractivity contribution in [2.45, 2.75) is 19.9 Å². The zero-order chi connectivity index (χ0) is 21.7. The number of anilines is 1. The van der Waals surface area contributed by atoms with E-state index in [4.69, 9.17) is 4.74 Å². The number of rotatable bonds is 6. The van der Waals surface area contributed by atoms with Gasteiger partial charge in [-0.2, -0.15) is 0 Å². The Labute approximate surface area is 176 Å². The zero-order valence-electron chi connectivity index (χ0n) is 17.6. The number of amides is 2. The summed E-state index contributed by atoms with van der Waals surface area (Å²) in [5, 5.41) is 2.73. The molecule has 0 spiro atoms. The summed E-state index contributed by atoms with van der Waals surface area (Å²) in [4.78, 5) is 29.6. The maximum atomic E-state index is 13.9. The van der Waals surface area contributed by atoms with Gasteiger partial charge in [0.2, 0.25) is 5.91 Å². The van der Waals surface area contributed by atoms with Crippen molar-refractivity contribution in [3.8, 4) is 5.75 Å². The Morgan fingerprint density at radius 2 is 1.63 bits per heavy atom. The number of carbonyl (C=O) groups is 2. The molecule has 0 radical (unpaired) electrons. The Balaban J connectivity index is 1.62. The molecule has 1 N–H and O–H groups in total. The monoisotopic (exact) mass is 413 g/mol. The van der Waals surface area contributed by atoms with Crippen molar-refractivity contribution in [2.75, 3.05) is 38.2 Å². The molecule has 160 valence electrons. The van der Waals surface area contributed by atoms with Crippen LogP contribution in [-0.4, -0.2) is 56.0 Å². The molecule has 30 heavy (non-hydrogen) atoms. The standard InChI is InChI=1S/C23H28FN3O3/c1-16(2)21(25-22(28)19-6-4-5-7-20(19)24)23(29)27-14-12-26(13-15-27)17-8-10-18(30-3)11-9-17/h4-11,16,21H,12-15H2,1-3H3,(H,25,28). The molecule has 2 aromatic rings. The maximum Gasteiger partial charge on any atom is 0.254 e. The van der Waals surface area contributed by atoms with Crippen molar-refractivity contribution in [1.82, 2.24) is 10.2 Å². The molecule has 2 aromatic carbocycles. The SMILES string of the molecule is COc1ccc(N2CCN(C(=O)C(NC(=O)c3ccccc3F)C(C)C)CC2)cc1. The average molecular weight is 413 g/mol. The van der Waals surface area contributed by atoms with Gasteiger partial charge in [-0.15, -0.1) is 0 Å². The van der Waals surface area contributed by atoms with Crippen LogP contribution in [0.25, 0.3) is 0 Å². The lowest BCUT2D eigenvalue weighted by atomic mass is 10.0. The summed E-state index contributed by atoms with van der Waals surface area (Å²) < 4.78 is 19.1. The van der Waals surface area contributed by atoms with E-state index >= 15 is 0 Å². The quantitative estimate of drug-likeness (QED) is 0.791. The summed E-state index contributed by atoms with van der Waals surface area (Å²) in [5.41, 5.74) is 1.02. The minimum Gasteiger partial charge on any atom is -0.497 e. The third-order valence-corrected chi connectivity index (χ3v) is 5.37. The Morgan fingerprint density at radius 1 is 1.00 bits per heavy atom. The van der Waals surface area contributed by atoms with Crippen molar-refractivity contribution >= 4 is 17.5 Å². The molecular weight excluding hydrogens is 385 g/mol. The van der Waals surface area contributed by atoms with Gasteiger partial charge in [0.25, 0.3) is 5.91 Å². The average Bonchev–Trinajstić information content (AvgIpc) is 2.77. The summed E-state index contributed by atoms with van der Waals surface area (Å²) >= 11 is 0. The molecular formula is C23H28FN3O3. The number of benzene rings is 2. The molecule has 6 nitrogen and oxygen atoms in total. The highest BCUT2D eigenvalue weighted by atomic mass is 19.1. The van der Waals surface area contributed by atoms with Crippen molar-refractivity contribution in [3.05, 3.63) is 59.9 Å². The van der Waals surface area contributed by atoms with Crippen LogP contribution in [0.4, 0.5) is 10.1 Å². The maximum absolute atomic E-state index is 13.9. The lowest BCUT2D eigenvalue weighted by Gasteiger charge is -2.38. The van der Waals surface area contributed by atoms with E-state index in [1.54, 1.807) is 18.1 Å². The first-order chi connectivity index (χ1) is 14.4. The van der Waals surface area contributed by atoms with Crippen LogP contribution in [-0.2, 0) is 4.79 Å². The van der Waals surface area contributed by atoms with E-state index in [9.17, 15) is 14.0 Å². The molecule has 0 bridgehead atoms. The number of carbonyl (C=O) groups excluding carboxylic acids is 2. The number of halogens is 1. The first-order valence-corrected chi connectivity index (χ1v) is 10.1. The molecule has 0 aromatic heterocycles. The van der Waals surface area contributed by atoms with Gasteiger partial charge < -0.3 is 19.9 Å². The number of methoxy groups -OCH3 is 1. The molecule has 1 unspecified atom stereocenters. The van der Waals surface area contributed by atoms with Crippen LogP contribution < -0.4 is 15.0 Å². The lowest BCUT2D eigenvalue weighted by Crippen LogP contribution is -2.56. The lowest BCUT2D eigenvalue weighted by molar-refractivity contribution is -0.134. The predicted octanol–water partition coefficient (Wildman–Crippen LogP) is 2.94. The van der Waals surface area contributed by atoms with Gasteiger partial charge in [0.1, 0.15) is 17.6 Å². The molecule has 0 aliphatic carbocycles. The van der Waals surface area contributed by atoms with E-state index in [0.29, 0.717) is 26.2 Å². The van der Waals surface area contributed by atoms with Crippen molar-refractivity contribution in [1.29, 1.82) is 0 Å². The number of hydrogen-bond donors (Lipinski definition) is 1. The highest BCUT2D eigenvalue weighted by Crippen LogP contribution is 2.21. The zero-order valence-corrected chi connectivity index (χ0v) is 17.6. The molecule has 0 saturated carbocycles. The molecule has 1 aliphatic rings. The van der Waals surface area contributed by atoms with Gasteiger partial charge in [0.15, 0.2) is 0 Å². The van der Waals surface area contributed by atoms with E-state index in [-0.39, 0.29) is 17.4 Å². The summed E-state index contributed by atoms with van der Waals surface area (Å²) in [6, 6.07) is 12.9. The largest absolute Gasteiger partial charge is 0.497 e. The third kappa shape index (κ3) is 4.90. The van der Waals surface area contributed by atoms with E-state index in [2.05, 4.69) is 10.2 Å².